The molecule has 98 valence electrons. The molecule has 0 spiro atoms. The van der Waals surface area contributed by atoms with Gasteiger partial charge in [-0.3, -0.25) is 10.1 Å². The van der Waals surface area contributed by atoms with Crippen molar-refractivity contribution in [2.75, 3.05) is 6.61 Å². The van der Waals surface area contributed by atoms with Crippen molar-refractivity contribution in [2.24, 2.45) is 0 Å². The van der Waals surface area contributed by atoms with Gasteiger partial charge in [0.05, 0.1) is 11.0 Å². The van der Waals surface area contributed by atoms with Gasteiger partial charge in [-0.2, -0.15) is 0 Å². The Balaban J connectivity index is 1.73. The maximum Gasteiger partial charge on any atom is 0.269 e. The summed E-state index contributed by atoms with van der Waals surface area (Å²) in [6.45, 7) is 3.54. The standard InChI is InChI=1S/C13H18N2O3/c1-2-18-13-7-11(8-13)14-9-10-3-5-12(6-4-10)15(16)17/h3-6,11,13-14H,2,7-9H2,1H3. The molecule has 0 aromatic heterocycles. The summed E-state index contributed by atoms with van der Waals surface area (Å²) in [6, 6.07) is 7.19. The highest BCUT2D eigenvalue weighted by Crippen LogP contribution is 2.23. The molecule has 0 radical (unpaired) electrons. The average Bonchev–Trinajstić information content (AvgIpc) is 2.32. The van der Waals surface area contributed by atoms with E-state index in [1.165, 1.54) is 0 Å². The van der Waals surface area contributed by atoms with Crippen molar-refractivity contribution in [3.05, 3.63) is 39.9 Å². The minimum Gasteiger partial charge on any atom is -0.378 e. The van der Waals surface area contributed by atoms with Gasteiger partial charge in [0.25, 0.3) is 5.69 Å². The lowest BCUT2D eigenvalue weighted by molar-refractivity contribution is -0.384. The summed E-state index contributed by atoms with van der Waals surface area (Å²) < 4.78 is 5.49. The van der Waals surface area contributed by atoms with Crippen LogP contribution in [0, 0.1) is 10.1 Å². The van der Waals surface area contributed by atoms with E-state index in [2.05, 4.69) is 5.32 Å². The molecule has 5 heteroatoms. The first-order valence-corrected chi connectivity index (χ1v) is 6.27. The van der Waals surface area contributed by atoms with Gasteiger partial charge in [0, 0.05) is 31.3 Å². The molecule has 0 unspecified atom stereocenters. The first-order chi connectivity index (χ1) is 8.69. The molecule has 0 atom stereocenters. The second-order valence-electron chi connectivity index (χ2n) is 4.55. The van der Waals surface area contributed by atoms with Crippen molar-refractivity contribution in [1.82, 2.24) is 5.32 Å². The highest BCUT2D eigenvalue weighted by molar-refractivity contribution is 5.32. The fourth-order valence-electron chi connectivity index (χ4n) is 2.10. The Morgan fingerprint density at radius 3 is 2.61 bits per heavy atom. The Morgan fingerprint density at radius 1 is 1.39 bits per heavy atom. The number of nitro groups is 1. The zero-order valence-electron chi connectivity index (χ0n) is 10.5. The number of rotatable bonds is 6. The molecule has 1 aromatic carbocycles. The Bertz CT molecular complexity index is 399. The zero-order chi connectivity index (χ0) is 13.0. The second-order valence-corrected chi connectivity index (χ2v) is 4.55. The van der Waals surface area contributed by atoms with Crippen LogP contribution in [-0.2, 0) is 11.3 Å². The normalized spacial score (nSPS) is 22.5. The third-order valence-corrected chi connectivity index (χ3v) is 3.24. The van der Waals surface area contributed by atoms with Crippen LogP contribution >= 0.6 is 0 Å². The molecule has 5 nitrogen and oxygen atoms in total. The Morgan fingerprint density at radius 2 is 2.06 bits per heavy atom. The molecule has 0 bridgehead atoms. The highest BCUT2D eigenvalue weighted by atomic mass is 16.6. The molecule has 1 aliphatic rings. The van der Waals surface area contributed by atoms with Crippen LogP contribution < -0.4 is 5.32 Å². The van der Waals surface area contributed by atoms with Crippen LogP contribution in [-0.4, -0.2) is 23.7 Å². The van der Waals surface area contributed by atoms with Crippen molar-refractivity contribution in [3.63, 3.8) is 0 Å². The minimum absolute atomic E-state index is 0.138. The Hall–Kier alpha value is -1.46. The summed E-state index contributed by atoms with van der Waals surface area (Å²) in [4.78, 5) is 10.1. The monoisotopic (exact) mass is 250 g/mol. The van der Waals surface area contributed by atoms with Crippen molar-refractivity contribution in [1.29, 1.82) is 0 Å². The van der Waals surface area contributed by atoms with Gasteiger partial charge in [-0.25, -0.2) is 0 Å². The van der Waals surface area contributed by atoms with E-state index in [1.807, 2.05) is 6.92 Å². The van der Waals surface area contributed by atoms with E-state index >= 15 is 0 Å². The molecule has 2 rings (SSSR count). The molecule has 0 heterocycles. The number of benzene rings is 1. The van der Waals surface area contributed by atoms with Gasteiger partial charge in [-0.1, -0.05) is 12.1 Å². The van der Waals surface area contributed by atoms with E-state index < -0.39 is 0 Å². The fraction of sp³-hybridized carbons (Fsp3) is 0.538. The quantitative estimate of drug-likeness (QED) is 0.621. The zero-order valence-corrected chi connectivity index (χ0v) is 10.5. The van der Waals surface area contributed by atoms with Crippen LogP contribution in [0.4, 0.5) is 5.69 Å². The molecule has 18 heavy (non-hydrogen) atoms. The fourth-order valence-corrected chi connectivity index (χ4v) is 2.10. The van der Waals surface area contributed by atoms with Gasteiger partial charge in [0.2, 0.25) is 0 Å². The average molecular weight is 250 g/mol. The van der Waals surface area contributed by atoms with Crippen LogP contribution in [0.15, 0.2) is 24.3 Å². The SMILES string of the molecule is CCOC1CC(NCc2ccc([N+](=O)[O-])cc2)C1. The van der Waals surface area contributed by atoms with Gasteiger partial charge in [0.1, 0.15) is 0 Å². The summed E-state index contributed by atoms with van der Waals surface area (Å²) in [5, 5.41) is 13.9. The molecule has 1 fully saturated rings. The highest BCUT2D eigenvalue weighted by Gasteiger charge is 2.28. The van der Waals surface area contributed by atoms with E-state index in [9.17, 15) is 10.1 Å². The summed E-state index contributed by atoms with van der Waals surface area (Å²) in [5.74, 6) is 0. The predicted molar refractivity (Wildman–Crippen MR) is 68.4 cm³/mol. The summed E-state index contributed by atoms with van der Waals surface area (Å²) >= 11 is 0. The molecular weight excluding hydrogens is 232 g/mol. The number of hydrogen-bond donors (Lipinski definition) is 1. The molecule has 1 aromatic rings. The number of ether oxygens (including phenoxy) is 1. The van der Waals surface area contributed by atoms with Gasteiger partial charge in [-0.15, -0.1) is 0 Å². The number of non-ortho nitro benzene ring substituents is 1. The van der Waals surface area contributed by atoms with E-state index in [-0.39, 0.29) is 10.6 Å². The van der Waals surface area contributed by atoms with Crippen molar-refractivity contribution in [3.8, 4) is 0 Å². The van der Waals surface area contributed by atoms with E-state index in [1.54, 1.807) is 24.3 Å². The largest absolute Gasteiger partial charge is 0.378 e. The number of hydrogen-bond acceptors (Lipinski definition) is 4. The van der Waals surface area contributed by atoms with Crippen molar-refractivity contribution >= 4 is 5.69 Å². The van der Waals surface area contributed by atoms with Gasteiger partial charge < -0.3 is 10.1 Å². The van der Waals surface area contributed by atoms with Gasteiger partial charge >= 0.3 is 0 Å². The van der Waals surface area contributed by atoms with Crippen LogP contribution in [0.1, 0.15) is 25.3 Å². The van der Waals surface area contributed by atoms with Crippen molar-refractivity contribution in [2.45, 2.75) is 38.5 Å². The summed E-state index contributed by atoms with van der Waals surface area (Å²) in [5.41, 5.74) is 1.21. The molecule has 0 saturated heterocycles. The molecule has 1 saturated carbocycles. The van der Waals surface area contributed by atoms with E-state index in [4.69, 9.17) is 4.74 Å². The first-order valence-electron chi connectivity index (χ1n) is 6.27. The first kappa shape index (κ1) is 13.0. The maximum absolute atomic E-state index is 10.5. The lowest BCUT2D eigenvalue weighted by Crippen LogP contribution is -2.45. The molecule has 0 amide bonds. The lowest BCUT2D eigenvalue weighted by Gasteiger charge is -2.35. The van der Waals surface area contributed by atoms with Crippen molar-refractivity contribution < 1.29 is 9.66 Å². The lowest BCUT2D eigenvalue weighted by atomic mass is 9.89. The van der Waals surface area contributed by atoms with Gasteiger partial charge in [0.15, 0.2) is 0 Å². The third-order valence-electron chi connectivity index (χ3n) is 3.24. The number of nitrogens with zero attached hydrogens (tertiary/aromatic N) is 1. The Labute approximate surface area is 106 Å². The van der Waals surface area contributed by atoms with Crippen LogP contribution in [0.2, 0.25) is 0 Å². The molecule has 1 N–H and O–H groups in total. The van der Waals surface area contributed by atoms with Crippen LogP contribution in [0.25, 0.3) is 0 Å². The van der Waals surface area contributed by atoms with E-state index in [0.29, 0.717) is 12.1 Å². The summed E-state index contributed by atoms with van der Waals surface area (Å²) in [7, 11) is 0. The maximum atomic E-state index is 10.5. The third kappa shape index (κ3) is 3.27. The van der Waals surface area contributed by atoms with Crippen LogP contribution in [0.3, 0.4) is 0 Å². The molecular formula is C13H18N2O3. The minimum atomic E-state index is -0.379. The number of nitro benzene ring substituents is 1. The molecule has 0 aliphatic heterocycles. The predicted octanol–water partition coefficient (Wildman–Crippen LogP) is 2.25. The second kappa shape index (κ2) is 5.93. The number of nitrogens with one attached hydrogen (secondary N) is 1. The smallest absolute Gasteiger partial charge is 0.269 e. The van der Waals surface area contributed by atoms with Crippen LogP contribution in [0.5, 0.6) is 0 Å². The van der Waals surface area contributed by atoms with E-state index in [0.717, 1.165) is 31.6 Å². The summed E-state index contributed by atoms with van der Waals surface area (Å²) in [6.07, 6.45) is 2.52. The topological polar surface area (TPSA) is 64.4 Å². The Kier molecular flexibility index (Phi) is 4.28. The van der Waals surface area contributed by atoms with Gasteiger partial charge in [-0.05, 0) is 25.3 Å². The molecule has 1 aliphatic carbocycles.